The Hall–Kier alpha value is -2.39. The van der Waals surface area contributed by atoms with Crippen molar-refractivity contribution in [3.05, 3.63) is 46.2 Å². The maximum Gasteiger partial charge on any atom is 0.269 e. The van der Waals surface area contributed by atoms with Crippen LogP contribution in [-0.4, -0.2) is 25.4 Å². The molecule has 116 valence electrons. The molecule has 1 aromatic rings. The summed E-state index contributed by atoms with van der Waals surface area (Å²) in [5.74, 6) is 2.32. The van der Waals surface area contributed by atoms with Gasteiger partial charge in [-0.1, -0.05) is 19.6 Å². The Labute approximate surface area is 131 Å². The highest BCUT2D eigenvalue weighted by atomic mass is 28.3. The average Bonchev–Trinajstić information content (AvgIpc) is 2.45. The molecule has 0 amide bonds. The molecule has 1 aromatic carbocycles. The molecule has 6 heteroatoms. The van der Waals surface area contributed by atoms with E-state index in [4.69, 9.17) is 4.74 Å². The molecule has 0 spiro atoms. The van der Waals surface area contributed by atoms with Crippen LogP contribution in [0.5, 0.6) is 0 Å². The zero-order chi connectivity index (χ0) is 16.8. The number of ether oxygens (including phenoxy) is 1. The smallest absolute Gasteiger partial charge is 0.269 e. The molecule has 0 aromatic heterocycles. The highest BCUT2D eigenvalue weighted by molar-refractivity contribution is 6.84. The summed E-state index contributed by atoms with van der Waals surface area (Å²) in [6.45, 7) is 8.37. The van der Waals surface area contributed by atoms with Gasteiger partial charge in [-0.2, -0.15) is 0 Å². The summed E-state index contributed by atoms with van der Waals surface area (Å²) >= 11 is 0. The lowest BCUT2D eigenvalue weighted by Gasteiger charge is -2.06. The van der Waals surface area contributed by atoms with E-state index in [1.807, 2.05) is 26.6 Å². The van der Waals surface area contributed by atoms with Gasteiger partial charge in [0.15, 0.2) is 0 Å². The van der Waals surface area contributed by atoms with Crippen LogP contribution in [-0.2, 0) is 9.53 Å². The fraction of sp³-hybridized carbons (Fsp3) is 0.312. The van der Waals surface area contributed by atoms with Crippen molar-refractivity contribution < 1.29 is 14.5 Å². The Bertz CT molecular complexity index is 645. The van der Waals surface area contributed by atoms with Crippen LogP contribution >= 0.6 is 0 Å². The van der Waals surface area contributed by atoms with E-state index in [2.05, 4.69) is 11.5 Å². The van der Waals surface area contributed by atoms with Crippen LogP contribution in [0.25, 0.3) is 5.57 Å². The minimum Gasteiger partial charge on any atom is -0.501 e. The van der Waals surface area contributed by atoms with Gasteiger partial charge in [-0.25, -0.2) is 0 Å². The molecule has 0 heterocycles. The first-order valence-corrected chi connectivity index (χ1v) is 10.4. The van der Waals surface area contributed by atoms with E-state index in [0.29, 0.717) is 17.7 Å². The fourth-order valence-corrected chi connectivity index (χ4v) is 1.98. The third-order valence-electron chi connectivity index (χ3n) is 2.55. The van der Waals surface area contributed by atoms with Gasteiger partial charge in [0.05, 0.1) is 23.4 Å². The zero-order valence-electron chi connectivity index (χ0n) is 13.2. The Kier molecular flexibility index (Phi) is 6.07. The van der Waals surface area contributed by atoms with Crippen molar-refractivity contribution in [2.75, 3.05) is 6.61 Å². The van der Waals surface area contributed by atoms with E-state index < -0.39 is 13.0 Å². The number of hydrogen-bond donors (Lipinski definition) is 0. The number of non-ortho nitro benzene ring substituents is 1. The number of rotatable bonds is 5. The number of nitrogens with zero attached hydrogens (tertiary/aromatic N) is 1. The number of allylic oxidation sites excluding steroid dienone is 1. The lowest BCUT2D eigenvalue weighted by molar-refractivity contribution is -0.384. The lowest BCUT2D eigenvalue weighted by Crippen LogP contribution is -2.17. The van der Waals surface area contributed by atoms with Crippen molar-refractivity contribution in [3.8, 4) is 11.5 Å². The average molecular weight is 317 g/mol. The largest absolute Gasteiger partial charge is 0.501 e. The first kappa shape index (κ1) is 17.7. The predicted molar refractivity (Wildman–Crippen MR) is 88.8 cm³/mol. The van der Waals surface area contributed by atoms with Gasteiger partial charge in [-0.15, -0.1) is 5.54 Å². The maximum atomic E-state index is 12.3. The SMILES string of the molecule is CCO/C=C(\C(=O)C#C[Si](C)(C)C)c1ccc([N+](=O)[O-])cc1. The predicted octanol–water partition coefficient (Wildman–Crippen LogP) is 3.42. The molecule has 22 heavy (non-hydrogen) atoms. The van der Waals surface area contributed by atoms with Crippen LogP contribution in [0.2, 0.25) is 19.6 Å². The summed E-state index contributed by atoms with van der Waals surface area (Å²) in [6, 6.07) is 5.76. The monoisotopic (exact) mass is 317 g/mol. The Balaban J connectivity index is 3.15. The van der Waals surface area contributed by atoms with Gasteiger partial charge in [0.25, 0.3) is 5.69 Å². The second-order valence-corrected chi connectivity index (χ2v) is 10.4. The molecule has 0 N–H and O–H groups in total. The second-order valence-electron chi connectivity index (χ2n) is 5.62. The molecule has 1 rings (SSSR count). The summed E-state index contributed by atoms with van der Waals surface area (Å²) < 4.78 is 5.21. The number of benzene rings is 1. The van der Waals surface area contributed by atoms with E-state index in [-0.39, 0.29) is 11.5 Å². The van der Waals surface area contributed by atoms with Crippen LogP contribution in [0.1, 0.15) is 12.5 Å². The van der Waals surface area contributed by atoms with Crippen molar-refractivity contribution in [1.29, 1.82) is 0 Å². The minimum atomic E-state index is -1.66. The summed E-state index contributed by atoms with van der Waals surface area (Å²) in [4.78, 5) is 22.5. The van der Waals surface area contributed by atoms with Gasteiger partial charge in [-0.05, 0) is 30.5 Å². The summed E-state index contributed by atoms with van der Waals surface area (Å²) in [6.07, 6.45) is 1.36. The van der Waals surface area contributed by atoms with E-state index >= 15 is 0 Å². The van der Waals surface area contributed by atoms with Gasteiger partial charge in [0.1, 0.15) is 8.07 Å². The molecule has 0 radical (unpaired) electrons. The van der Waals surface area contributed by atoms with Gasteiger partial charge in [0.2, 0.25) is 5.78 Å². The lowest BCUT2D eigenvalue weighted by atomic mass is 10.0. The highest BCUT2D eigenvalue weighted by Crippen LogP contribution is 2.20. The molecule has 0 aliphatic heterocycles. The van der Waals surface area contributed by atoms with E-state index in [1.54, 1.807) is 0 Å². The number of hydrogen-bond acceptors (Lipinski definition) is 4. The number of ketones is 1. The number of nitro groups is 1. The number of Topliss-reactive ketones (excluding diaryl/α,β-unsaturated/α-hetero) is 1. The van der Waals surface area contributed by atoms with Gasteiger partial charge in [0, 0.05) is 12.1 Å². The third kappa shape index (κ3) is 5.54. The zero-order valence-corrected chi connectivity index (χ0v) is 14.2. The molecular weight excluding hydrogens is 298 g/mol. The van der Waals surface area contributed by atoms with Gasteiger partial charge in [-0.3, -0.25) is 14.9 Å². The molecule has 0 unspecified atom stereocenters. The summed E-state index contributed by atoms with van der Waals surface area (Å²) in [5, 5.41) is 10.7. The molecule has 0 aliphatic carbocycles. The van der Waals surface area contributed by atoms with Crippen LogP contribution in [0.4, 0.5) is 5.69 Å². The van der Waals surface area contributed by atoms with Crippen molar-refractivity contribution in [1.82, 2.24) is 0 Å². The molecule has 0 fully saturated rings. The van der Waals surface area contributed by atoms with E-state index in [1.165, 1.54) is 30.5 Å². The van der Waals surface area contributed by atoms with Gasteiger partial charge >= 0.3 is 0 Å². The number of carbonyl (C=O) groups excluding carboxylic acids is 1. The molecule has 0 aliphatic rings. The summed E-state index contributed by atoms with van der Waals surface area (Å²) in [7, 11) is -1.66. The standard InChI is InChI=1S/C16H19NO4Si/c1-5-21-12-15(16(18)10-11-22(2,3)4)13-6-8-14(9-7-13)17(19)20/h6-9,12H,5H2,1-4H3/b15-12-. The van der Waals surface area contributed by atoms with Gasteiger partial charge < -0.3 is 4.74 Å². The molecule has 0 bridgehead atoms. The molecule has 0 saturated carbocycles. The maximum absolute atomic E-state index is 12.3. The highest BCUT2D eigenvalue weighted by Gasteiger charge is 2.14. The van der Waals surface area contributed by atoms with Crippen molar-refractivity contribution in [3.63, 3.8) is 0 Å². The van der Waals surface area contributed by atoms with E-state index in [9.17, 15) is 14.9 Å². The number of carbonyl (C=O) groups is 1. The van der Waals surface area contributed by atoms with Crippen molar-refractivity contribution >= 4 is 25.1 Å². The van der Waals surface area contributed by atoms with Crippen LogP contribution in [0.3, 0.4) is 0 Å². The van der Waals surface area contributed by atoms with Crippen LogP contribution in [0.15, 0.2) is 30.5 Å². The molecule has 0 saturated heterocycles. The van der Waals surface area contributed by atoms with Crippen molar-refractivity contribution in [2.24, 2.45) is 0 Å². The van der Waals surface area contributed by atoms with Crippen LogP contribution < -0.4 is 0 Å². The quantitative estimate of drug-likeness (QED) is 0.208. The first-order chi connectivity index (χ1) is 10.2. The second kappa shape index (κ2) is 7.57. The Morgan fingerprint density at radius 1 is 1.32 bits per heavy atom. The minimum absolute atomic E-state index is 0.0276. The molecule has 0 atom stereocenters. The van der Waals surface area contributed by atoms with Crippen LogP contribution in [0, 0.1) is 21.6 Å². The third-order valence-corrected chi connectivity index (χ3v) is 3.43. The first-order valence-electron chi connectivity index (χ1n) is 6.88. The topological polar surface area (TPSA) is 69.4 Å². The Morgan fingerprint density at radius 2 is 1.91 bits per heavy atom. The van der Waals surface area contributed by atoms with Crippen molar-refractivity contribution in [2.45, 2.75) is 26.6 Å². The fourth-order valence-electron chi connectivity index (χ4n) is 1.49. The molecular formula is C16H19NO4Si. The normalized spacial score (nSPS) is 11.4. The van der Waals surface area contributed by atoms with E-state index in [0.717, 1.165) is 0 Å². The molecule has 5 nitrogen and oxygen atoms in total. The number of nitro benzene ring substituents is 1. The Morgan fingerprint density at radius 3 is 2.36 bits per heavy atom. The summed E-state index contributed by atoms with van der Waals surface area (Å²) in [5.41, 5.74) is 3.84.